The van der Waals surface area contributed by atoms with Crippen LogP contribution in [0, 0.1) is 5.92 Å². The summed E-state index contributed by atoms with van der Waals surface area (Å²) in [5.41, 5.74) is 1.16. The van der Waals surface area contributed by atoms with Crippen LogP contribution >= 0.6 is 0 Å². The third-order valence-corrected chi connectivity index (χ3v) is 4.89. The molecule has 1 aliphatic heterocycles. The molecule has 1 saturated carbocycles. The molecule has 6 heteroatoms. The van der Waals surface area contributed by atoms with Crippen LogP contribution in [0.4, 0.5) is 9.59 Å². The van der Waals surface area contributed by atoms with E-state index in [1.54, 1.807) is 11.8 Å². The Morgan fingerprint density at radius 1 is 1.16 bits per heavy atom. The normalized spacial score (nSPS) is 19.2. The van der Waals surface area contributed by atoms with Crippen LogP contribution in [-0.2, 0) is 4.74 Å². The highest BCUT2D eigenvalue weighted by Crippen LogP contribution is 2.40. The first-order valence-electron chi connectivity index (χ1n) is 9.21. The largest absolute Gasteiger partial charge is 0.450 e. The maximum atomic E-state index is 12.4. The van der Waals surface area contributed by atoms with Gasteiger partial charge in [-0.3, -0.25) is 0 Å². The summed E-state index contributed by atoms with van der Waals surface area (Å²) < 4.78 is 5.02. The molecule has 0 radical (unpaired) electrons. The molecule has 1 heterocycles. The molecule has 1 aromatic carbocycles. The van der Waals surface area contributed by atoms with Gasteiger partial charge in [-0.15, -0.1) is 0 Å². The molecular formula is C19H27N3O3. The number of likely N-dealkylation sites (tertiary alicyclic amines) is 1. The van der Waals surface area contributed by atoms with E-state index in [2.05, 4.69) is 22.8 Å². The summed E-state index contributed by atoms with van der Waals surface area (Å²) in [7, 11) is 0. The lowest BCUT2D eigenvalue weighted by Crippen LogP contribution is -2.49. The molecule has 2 fully saturated rings. The molecule has 0 aromatic heterocycles. The van der Waals surface area contributed by atoms with Gasteiger partial charge in [0.05, 0.1) is 12.6 Å². The van der Waals surface area contributed by atoms with Crippen molar-refractivity contribution < 1.29 is 14.3 Å². The van der Waals surface area contributed by atoms with Crippen molar-refractivity contribution >= 4 is 12.1 Å². The predicted molar refractivity (Wildman–Crippen MR) is 95.2 cm³/mol. The maximum Gasteiger partial charge on any atom is 0.409 e. The number of benzene rings is 1. The van der Waals surface area contributed by atoms with Crippen molar-refractivity contribution in [2.75, 3.05) is 19.7 Å². The first-order chi connectivity index (χ1) is 12.2. The fraction of sp³-hybridized carbons (Fsp3) is 0.579. The average Bonchev–Trinajstić information content (AvgIpc) is 3.46. The number of nitrogens with one attached hydrogen (secondary N) is 2. The number of carbonyl (C=O) groups excluding carboxylic acids is 2. The molecule has 3 amide bonds. The van der Waals surface area contributed by atoms with Gasteiger partial charge < -0.3 is 20.3 Å². The Balaban J connectivity index is 1.47. The van der Waals surface area contributed by atoms with E-state index < -0.39 is 0 Å². The lowest BCUT2D eigenvalue weighted by Gasteiger charge is -2.32. The Bertz CT molecular complexity index is 581. The molecule has 1 unspecified atom stereocenters. The first-order valence-corrected chi connectivity index (χ1v) is 9.21. The second kappa shape index (κ2) is 8.23. The van der Waals surface area contributed by atoms with Crippen LogP contribution in [0.1, 0.15) is 44.2 Å². The van der Waals surface area contributed by atoms with Gasteiger partial charge in [-0.1, -0.05) is 30.3 Å². The number of rotatable bonds is 5. The number of piperidine rings is 1. The molecule has 6 nitrogen and oxygen atoms in total. The molecule has 2 aliphatic rings. The minimum Gasteiger partial charge on any atom is -0.450 e. The monoisotopic (exact) mass is 345 g/mol. The van der Waals surface area contributed by atoms with Gasteiger partial charge in [0.25, 0.3) is 0 Å². The average molecular weight is 345 g/mol. The third-order valence-electron chi connectivity index (χ3n) is 4.89. The van der Waals surface area contributed by atoms with Crippen molar-refractivity contribution in [3.8, 4) is 0 Å². The van der Waals surface area contributed by atoms with Gasteiger partial charge >= 0.3 is 12.1 Å². The summed E-state index contributed by atoms with van der Waals surface area (Å²) in [5.74, 6) is 0.541. The van der Waals surface area contributed by atoms with E-state index in [4.69, 9.17) is 4.74 Å². The van der Waals surface area contributed by atoms with Crippen LogP contribution < -0.4 is 10.6 Å². The molecule has 0 spiro atoms. The summed E-state index contributed by atoms with van der Waals surface area (Å²) in [5, 5.41) is 6.21. The van der Waals surface area contributed by atoms with Crippen molar-refractivity contribution in [3.63, 3.8) is 0 Å². The summed E-state index contributed by atoms with van der Waals surface area (Å²) in [4.78, 5) is 25.8. The molecule has 3 rings (SSSR count). The number of urea groups is 1. The van der Waals surface area contributed by atoms with Gasteiger partial charge in [-0.25, -0.2) is 9.59 Å². The Hall–Kier alpha value is -2.24. The van der Waals surface area contributed by atoms with E-state index in [1.807, 2.05) is 18.2 Å². The molecule has 1 aromatic rings. The zero-order valence-corrected chi connectivity index (χ0v) is 14.7. The minimum absolute atomic E-state index is 0.0841. The van der Waals surface area contributed by atoms with Gasteiger partial charge in [0.1, 0.15) is 0 Å². The molecule has 136 valence electrons. The molecule has 1 aliphatic carbocycles. The van der Waals surface area contributed by atoms with Crippen LogP contribution in [-0.4, -0.2) is 42.8 Å². The third kappa shape index (κ3) is 4.87. The lowest BCUT2D eigenvalue weighted by atomic mass is 10.0. The Labute approximate surface area is 148 Å². The Morgan fingerprint density at radius 3 is 2.44 bits per heavy atom. The van der Waals surface area contributed by atoms with Crippen LogP contribution in [0.3, 0.4) is 0 Å². The fourth-order valence-corrected chi connectivity index (χ4v) is 3.35. The van der Waals surface area contributed by atoms with E-state index in [9.17, 15) is 9.59 Å². The van der Waals surface area contributed by atoms with E-state index in [0.29, 0.717) is 25.6 Å². The smallest absolute Gasteiger partial charge is 0.409 e. The first kappa shape index (κ1) is 17.6. The molecule has 0 bridgehead atoms. The number of hydrogen-bond donors (Lipinski definition) is 2. The van der Waals surface area contributed by atoms with Gasteiger partial charge in [-0.05, 0) is 44.1 Å². The van der Waals surface area contributed by atoms with Crippen LogP contribution in [0.5, 0.6) is 0 Å². The van der Waals surface area contributed by atoms with Crippen molar-refractivity contribution in [2.24, 2.45) is 5.92 Å². The molecule has 25 heavy (non-hydrogen) atoms. The van der Waals surface area contributed by atoms with Gasteiger partial charge in [0, 0.05) is 19.1 Å². The maximum absolute atomic E-state index is 12.4. The summed E-state index contributed by atoms with van der Waals surface area (Å²) in [6.07, 6.45) is 3.58. The van der Waals surface area contributed by atoms with Gasteiger partial charge in [0.2, 0.25) is 0 Å². The highest BCUT2D eigenvalue weighted by Gasteiger charge is 2.34. The summed E-state index contributed by atoms with van der Waals surface area (Å²) in [6.45, 7) is 3.43. The van der Waals surface area contributed by atoms with Gasteiger partial charge in [0.15, 0.2) is 0 Å². The molecular weight excluding hydrogens is 318 g/mol. The topological polar surface area (TPSA) is 70.7 Å². The van der Waals surface area contributed by atoms with E-state index in [1.165, 1.54) is 0 Å². The summed E-state index contributed by atoms with van der Waals surface area (Å²) >= 11 is 0. The van der Waals surface area contributed by atoms with E-state index >= 15 is 0 Å². The van der Waals surface area contributed by atoms with Crippen LogP contribution in [0.15, 0.2) is 30.3 Å². The zero-order valence-electron chi connectivity index (χ0n) is 14.7. The minimum atomic E-state index is -0.261. The van der Waals surface area contributed by atoms with Crippen molar-refractivity contribution in [2.45, 2.75) is 44.7 Å². The standard InChI is InChI=1S/C19H27N3O3/c1-2-25-19(24)22-12-10-16(11-13-22)20-18(23)21-17(15-8-9-15)14-6-4-3-5-7-14/h3-7,15-17H,2,8-13H2,1H3,(H2,20,21,23). The van der Waals surface area contributed by atoms with Gasteiger partial charge in [-0.2, -0.15) is 0 Å². The second-order valence-corrected chi connectivity index (χ2v) is 6.80. The number of amides is 3. The van der Waals surface area contributed by atoms with Crippen molar-refractivity contribution in [1.29, 1.82) is 0 Å². The molecule has 1 atom stereocenters. The second-order valence-electron chi connectivity index (χ2n) is 6.80. The fourth-order valence-electron chi connectivity index (χ4n) is 3.35. The van der Waals surface area contributed by atoms with Crippen molar-refractivity contribution in [1.82, 2.24) is 15.5 Å². The highest BCUT2D eigenvalue weighted by atomic mass is 16.6. The van der Waals surface area contributed by atoms with Crippen LogP contribution in [0.25, 0.3) is 0 Å². The Morgan fingerprint density at radius 2 is 1.84 bits per heavy atom. The van der Waals surface area contributed by atoms with E-state index in [0.717, 1.165) is 31.2 Å². The SMILES string of the molecule is CCOC(=O)N1CCC(NC(=O)NC(c2ccccc2)C2CC2)CC1. The molecule has 1 saturated heterocycles. The van der Waals surface area contributed by atoms with E-state index in [-0.39, 0.29) is 24.2 Å². The predicted octanol–water partition coefficient (Wildman–Crippen LogP) is 3.06. The Kier molecular flexibility index (Phi) is 5.79. The van der Waals surface area contributed by atoms with Crippen LogP contribution in [0.2, 0.25) is 0 Å². The highest BCUT2D eigenvalue weighted by molar-refractivity contribution is 5.75. The zero-order chi connectivity index (χ0) is 17.6. The van der Waals surface area contributed by atoms with Crippen molar-refractivity contribution in [3.05, 3.63) is 35.9 Å². The lowest BCUT2D eigenvalue weighted by molar-refractivity contribution is 0.0957. The number of carbonyl (C=O) groups is 2. The number of hydrogen-bond acceptors (Lipinski definition) is 3. The number of nitrogens with zero attached hydrogens (tertiary/aromatic N) is 1. The quantitative estimate of drug-likeness (QED) is 0.862. The number of ether oxygens (including phenoxy) is 1. The molecule has 2 N–H and O–H groups in total. The summed E-state index contributed by atoms with van der Waals surface area (Å²) in [6, 6.07) is 10.2.